The van der Waals surface area contributed by atoms with Gasteiger partial charge in [0.2, 0.25) is 0 Å². The van der Waals surface area contributed by atoms with Crippen molar-refractivity contribution in [3.8, 4) is 0 Å². The Kier molecular flexibility index (Phi) is 1.27. The van der Waals surface area contributed by atoms with Gasteiger partial charge in [0.25, 0.3) is 0 Å². The zero-order valence-electron chi connectivity index (χ0n) is 6.17. The van der Waals surface area contributed by atoms with E-state index in [1.807, 2.05) is 0 Å². The predicted octanol–water partition coefficient (Wildman–Crippen LogP) is 0.395. The largest absolute Gasteiger partial charge is 1.00 e. The minimum Gasteiger partial charge on any atom is -0.307 e. The lowest BCUT2D eigenvalue weighted by Crippen LogP contribution is -2.45. The predicted molar refractivity (Wildman–Crippen MR) is 39.6 cm³/mol. The number of allylic oxidation sites excluding steroid dienone is 3. The lowest BCUT2D eigenvalue weighted by atomic mass is 10.0. The van der Waals surface area contributed by atoms with Crippen molar-refractivity contribution in [1.29, 1.82) is 0 Å². The molecule has 0 amide bonds. The van der Waals surface area contributed by atoms with E-state index < -0.39 is 5.66 Å². The van der Waals surface area contributed by atoms with E-state index in [2.05, 4.69) is 6.58 Å². The number of nitrogens with two attached hydrogens (primary N) is 2. The van der Waals surface area contributed by atoms with Gasteiger partial charge in [0.1, 0.15) is 5.66 Å². The smallest absolute Gasteiger partial charge is 0.307 e. The Morgan fingerprint density at radius 2 is 1.78 bits per heavy atom. The van der Waals surface area contributed by atoms with E-state index in [-0.39, 0.29) is 1.43 Å². The second kappa shape index (κ2) is 1.83. The van der Waals surface area contributed by atoms with Gasteiger partial charge in [-0.2, -0.15) is 0 Å². The molecule has 0 aromatic carbocycles. The molecule has 0 atom stereocenters. The van der Waals surface area contributed by atoms with Crippen LogP contribution in [0.25, 0.3) is 0 Å². The van der Waals surface area contributed by atoms with Gasteiger partial charge in [0, 0.05) is 0 Å². The zero-order chi connectivity index (χ0) is 6.91. The number of hydrogen-bond donors (Lipinski definition) is 2. The highest BCUT2D eigenvalue weighted by Gasteiger charge is 2.11. The van der Waals surface area contributed by atoms with Crippen LogP contribution in [0, 0.1) is 0 Å². The summed E-state index contributed by atoms with van der Waals surface area (Å²) < 4.78 is 0. The van der Waals surface area contributed by atoms with Crippen molar-refractivity contribution in [3.63, 3.8) is 0 Å². The van der Waals surface area contributed by atoms with Crippen LogP contribution in [-0.2, 0) is 0 Å². The summed E-state index contributed by atoms with van der Waals surface area (Å²) in [5.74, 6) is 0. The highest BCUT2D eigenvalue weighted by molar-refractivity contribution is 5.37. The van der Waals surface area contributed by atoms with E-state index in [0.29, 0.717) is 0 Å². The average molecular weight is 123 g/mol. The molecule has 0 unspecified atom stereocenters. The Hall–Kier alpha value is -0.860. The van der Waals surface area contributed by atoms with Gasteiger partial charge >= 0.3 is 1.43 Å². The Morgan fingerprint density at radius 3 is 2.11 bits per heavy atom. The van der Waals surface area contributed by atoms with Crippen molar-refractivity contribution in [1.82, 2.24) is 0 Å². The zero-order valence-corrected chi connectivity index (χ0v) is 5.17. The molecule has 1 aliphatic carbocycles. The van der Waals surface area contributed by atoms with Gasteiger partial charge in [-0.25, -0.2) is 0 Å². The van der Waals surface area contributed by atoms with Gasteiger partial charge in [-0.05, 0) is 17.7 Å². The molecule has 0 saturated heterocycles. The summed E-state index contributed by atoms with van der Waals surface area (Å²) >= 11 is 0. The normalized spacial score (nSPS) is 22.7. The van der Waals surface area contributed by atoms with E-state index in [1.165, 1.54) is 0 Å². The first-order chi connectivity index (χ1) is 4.10. The molecule has 0 aromatic heterocycles. The molecule has 0 aliphatic heterocycles. The molecular weight excluding hydrogens is 112 g/mol. The van der Waals surface area contributed by atoms with E-state index >= 15 is 0 Å². The fourth-order valence-corrected chi connectivity index (χ4v) is 0.614. The van der Waals surface area contributed by atoms with Crippen LogP contribution in [0.3, 0.4) is 0 Å². The number of hydrogen-bond acceptors (Lipinski definition) is 2. The summed E-state index contributed by atoms with van der Waals surface area (Å²) in [4.78, 5) is 0. The van der Waals surface area contributed by atoms with Crippen LogP contribution < -0.4 is 11.5 Å². The summed E-state index contributed by atoms with van der Waals surface area (Å²) in [5, 5.41) is 0. The van der Waals surface area contributed by atoms with Crippen LogP contribution in [0.1, 0.15) is 1.43 Å². The molecule has 0 spiro atoms. The van der Waals surface area contributed by atoms with Crippen LogP contribution in [-0.4, -0.2) is 5.66 Å². The summed E-state index contributed by atoms with van der Waals surface area (Å²) in [6.45, 7) is 3.70. The molecule has 1 rings (SSSR count). The van der Waals surface area contributed by atoms with Gasteiger partial charge in [-0.15, -0.1) is 0 Å². The van der Waals surface area contributed by atoms with Gasteiger partial charge < -0.3 is 11.5 Å². The van der Waals surface area contributed by atoms with Crippen LogP contribution in [0.5, 0.6) is 0 Å². The summed E-state index contributed by atoms with van der Waals surface area (Å²) in [6, 6.07) is 0. The fraction of sp³-hybridized carbons (Fsp3) is 0.143. The van der Waals surface area contributed by atoms with Crippen LogP contribution in [0.4, 0.5) is 0 Å². The first-order valence-corrected chi connectivity index (χ1v) is 2.75. The van der Waals surface area contributed by atoms with Crippen LogP contribution in [0.15, 0.2) is 36.5 Å². The van der Waals surface area contributed by atoms with E-state index in [9.17, 15) is 0 Å². The summed E-state index contributed by atoms with van der Waals surface area (Å²) in [6.07, 6.45) is 7.05. The van der Waals surface area contributed by atoms with Crippen molar-refractivity contribution in [2.75, 3.05) is 0 Å². The van der Waals surface area contributed by atoms with Crippen molar-refractivity contribution < 1.29 is 1.43 Å². The van der Waals surface area contributed by atoms with E-state index in [1.54, 1.807) is 24.3 Å². The second-order valence-corrected chi connectivity index (χ2v) is 2.24. The maximum atomic E-state index is 5.50. The SMILES string of the molecule is C=C1C=CC(N)(N)C=C1.[H+]. The Morgan fingerprint density at radius 1 is 1.33 bits per heavy atom. The van der Waals surface area contributed by atoms with Crippen molar-refractivity contribution in [2.45, 2.75) is 5.66 Å². The van der Waals surface area contributed by atoms with Gasteiger partial charge in [-0.1, -0.05) is 18.7 Å². The van der Waals surface area contributed by atoms with E-state index in [4.69, 9.17) is 11.5 Å². The van der Waals surface area contributed by atoms with Gasteiger partial charge in [0.15, 0.2) is 0 Å². The Bertz CT molecular complexity index is 174. The van der Waals surface area contributed by atoms with Crippen molar-refractivity contribution >= 4 is 0 Å². The quantitative estimate of drug-likeness (QED) is 0.458. The van der Waals surface area contributed by atoms with Crippen molar-refractivity contribution in [2.24, 2.45) is 11.5 Å². The Balaban J connectivity index is 0.000000810. The average Bonchev–Trinajstić information content (AvgIpc) is 1.78. The fourth-order valence-electron chi connectivity index (χ4n) is 0.614. The molecule has 0 aromatic rings. The first-order valence-electron chi connectivity index (χ1n) is 2.75. The molecule has 0 fully saturated rings. The highest BCUT2D eigenvalue weighted by atomic mass is 14.9. The van der Waals surface area contributed by atoms with Gasteiger partial charge in [-0.3, -0.25) is 0 Å². The molecule has 9 heavy (non-hydrogen) atoms. The minimum absolute atomic E-state index is 0. The highest BCUT2D eigenvalue weighted by Crippen LogP contribution is 2.08. The Labute approximate surface area is 56.0 Å². The van der Waals surface area contributed by atoms with Crippen LogP contribution >= 0.6 is 0 Å². The lowest BCUT2D eigenvalue weighted by molar-refractivity contribution is 0.689. The molecule has 2 heteroatoms. The molecule has 48 valence electrons. The topological polar surface area (TPSA) is 52.0 Å². The standard InChI is InChI=1S/C7H10N2/c1-6-2-4-7(8,9)5-3-6/h2-5H,1,8-9H2/p+1. The maximum absolute atomic E-state index is 5.50. The molecule has 0 bridgehead atoms. The third kappa shape index (κ3) is 1.52. The monoisotopic (exact) mass is 123 g/mol. The lowest BCUT2D eigenvalue weighted by Gasteiger charge is -2.17. The third-order valence-corrected chi connectivity index (χ3v) is 1.17. The maximum Gasteiger partial charge on any atom is 1.00 e. The second-order valence-electron chi connectivity index (χ2n) is 2.24. The summed E-state index contributed by atoms with van der Waals surface area (Å²) in [7, 11) is 0. The molecule has 4 N–H and O–H groups in total. The van der Waals surface area contributed by atoms with Gasteiger partial charge in [0.05, 0.1) is 0 Å². The molecule has 0 radical (unpaired) electrons. The summed E-state index contributed by atoms with van der Waals surface area (Å²) in [5.41, 5.74) is 11.2. The first kappa shape index (κ1) is 6.26. The minimum atomic E-state index is -0.763. The van der Waals surface area contributed by atoms with Crippen LogP contribution in [0.2, 0.25) is 0 Å². The molecule has 1 aliphatic rings. The third-order valence-electron chi connectivity index (χ3n) is 1.17. The molecule has 2 nitrogen and oxygen atoms in total. The molecule has 0 heterocycles. The number of rotatable bonds is 0. The van der Waals surface area contributed by atoms with Crippen molar-refractivity contribution in [3.05, 3.63) is 36.5 Å². The molecule has 0 saturated carbocycles. The van der Waals surface area contributed by atoms with E-state index in [0.717, 1.165) is 5.57 Å². The molecular formula is C7H11N2+.